The van der Waals surface area contributed by atoms with Crippen LogP contribution < -0.4 is 18.9 Å². The molecule has 0 saturated heterocycles. The van der Waals surface area contributed by atoms with E-state index in [2.05, 4.69) is 19.7 Å². The van der Waals surface area contributed by atoms with Crippen LogP contribution in [-0.4, -0.2) is 92.6 Å². The molecule has 0 amide bonds. The largest absolute Gasteiger partial charge is 0.487 e. The average Bonchev–Trinajstić information content (AvgIpc) is 3.11. The summed E-state index contributed by atoms with van der Waals surface area (Å²) in [7, 11) is 5.92. The van der Waals surface area contributed by atoms with Crippen molar-refractivity contribution in [2.24, 2.45) is 0 Å². The quantitative estimate of drug-likeness (QED) is 0.0614. The lowest BCUT2D eigenvalue weighted by atomic mass is 9.99. The molecule has 0 spiro atoms. The number of esters is 3. The normalized spacial score (nSPS) is 10.6. The van der Waals surface area contributed by atoms with E-state index < -0.39 is 17.9 Å². The number of carbonyl (C=O) groups excluding carboxylic acids is 3. The van der Waals surface area contributed by atoms with Crippen LogP contribution in [0.1, 0.15) is 0 Å². The summed E-state index contributed by atoms with van der Waals surface area (Å²) >= 11 is 0. The molecule has 0 aliphatic carbocycles. The van der Waals surface area contributed by atoms with E-state index in [0.717, 1.165) is 22.3 Å². The molecule has 0 heterocycles. The first kappa shape index (κ1) is 39.2. The molecule has 3 aromatic carbocycles. The van der Waals surface area contributed by atoms with E-state index in [9.17, 15) is 14.4 Å². The van der Waals surface area contributed by atoms with E-state index in [0.29, 0.717) is 12.4 Å². The molecular weight excluding hydrogens is 648 g/mol. The maximum absolute atomic E-state index is 12.7. The Bertz CT molecular complexity index is 1660. The molecule has 0 N–H and O–H groups in total. The van der Waals surface area contributed by atoms with Gasteiger partial charge in [-0.15, -0.1) is 0 Å². The highest BCUT2D eigenvalue weighted by molar-refractivity contribution is 5.91. The van der Waals surface area contributed by atoms with Crippen molar-refractivity contribution < 1.29 is 57.0 Å². The van der Waals surface area contributed by atoms with Gasteiger partial charge in [-0.2, -0.15) is 0 Å². The fraction of sp³-hybridized carbons (Fsp3) is 0.289. The Morgan fingerprint density at radius 1 is 0.460 bits per heavy atom. The molecule has 0 aliphatic rings. The molecule has 12 heteroatoms. The summed E-state index contributed by atoms with van der Waals surface area (Å²) in [6, 6.07) is 18.0. The van der Waals surface area contributed by atoms with Crippen molar-refractivity contribution in [1.29, 1.82) is 0 Å². The Kier molecular flexibility index (Phi) is 15.9. The average molecular weight is 691 g/mol. The van der Waals surface area contributed by atoms with Gasteiger partial charge in [-0.05, 0) is 46.5 Å². The van der Waals surface area contributed by atoms with Crippen LogP contribution in [0.3, 0.4) is 0 Å². The Morgan fingerprint density at radius 3 is 1.24 bits per heavy atom. The second kappa shape index (κ2) is 20.3. The number of hydrogen-bond donors (Lipinski definition) is 0. The van der Waals surface area contributed by atoms with E-state index in [4.69, 9.17) is 42.6 Å². The Balaban J connectivity index is 1.85. The number of ether oxygens (including phenoxy) is 9. The van der Waals surface area contributed by atoms with Crippen molar-refractivity contribution in [3.05, 3.63) is 97.1 Å². The van der Waals surface area contributed by atoms with Gasteiger partial charge in [0.05, 0.1) is 43.1 Å². The highest BCUT2D eigenvalue weighted by Gasteiger charge is 2.18. The summed E-state index contributed by atoms with van der Waals surface area (Å²) < 4.78 is 47.9. The third kappa shape index (κ3) is 11.7. The third-order valence-corrected chi connectivity index (χ3v) is 6.79. The van der Waals surface area contributed by atoms with E-state index in [-0.39, 0.29) is 73.6 Å². The highest BCUT2D eigenvalue weighted by atomic mass is 16.6. The van der Waals surface area contributed by atoms with E-state index in [1.807, 2.05) is 30.3 Å². The van der Waals surface area contributed by atoms with Gasteiger partial charge in [-0.25, -0.2) is 14.4 Å². The molecule has 50 heavy (non-hydrogen) atoms. The van der Waals surface area contributed by atoms with Gasteiger partial charge in [0.2, 0.25) is 0 Å². The molecule has 3 rings (SSSR count). The summed E-state index contributed by atoms with van der Waals surface area (Å²) in [4.78, 5) is 37.3. The smallest absolute Gasteiger partial charge is 0.341 e. The van der Waals surface area contributed by atoms with Crippen LogP contribution in [0.15, 0.2) is 97.1 Å². The maximum Gasteiger partial charge on any atom is 0.341 e. The molecule has 0 aromatic heterocycles. The summed E-state index contributed by atoms with van der Waals surface area (Å²) in [6.45, 7) is 11.6. The van der Waals surface area contributed by atoms with Gasteiger partial charge in [-0.1, -0.05) is 56.1 Å². The van der Waals surface area contributed by atoms with Gasteiger partial charge in [-0.3, -0.25) is 0 Å². The topological polar surface area (TPSA) is 134 Å². The number of hydrogen-bond acceptors (Lipinski definition) is 12. The summed E-state index contributed by atoms with van der Waals surface area (Å²) in [5, 5.41) is 0. The van der Waals surface area contributed by atoms with Crippen molar-refractivity contribution in [1.82, 2.24) is 0 Å². The maximum atomic E-state index is 12.7. The number of rotatable bonds is 21. The monoisotopic (exact) mass is 690 g/mol. The zero-order valence-corrected chi connectivity index (χ0v) is 28.7. The zero-order chi connectivity index (χ0) is 36.5. The number of benzene rings is 3. The van der Waals surface area contributed by atoms with E-state index in [1.165, 1.54) is 21.3 Å². The Hall–Kier alpha value is -5.27. The number of methoxy groups -OCH3 is 4. The van der Waals surface area contributed by atoms with Crippen molar-refractivity contribution in [3.8, 4) is 45.3 Å². The lowest BCUT2D eigenvalue weighted by molar-refractivity contribution is -0.140. The van der Waals surface area contributed by atoms with Crippen LogP contribution in [0.4, 0.5) is 0 Å². The third-order valence-electron chi connectivity index (χ3n) is 6.79. The lowest BCUT2D eigenvalue weighted by Crippen LogP contribution is -2.17. The van der Waals surface area contributed by atoms with Crippen LogP contribution in [0.2, 0.25) is 0 Å². The predicted molar refractivity (Wildman–Crippen MR) is 185 cm³/mol. The highest BCUT2D eigenvalue weighted by Crippen LogP contribution is 2.36. The lowest BCUT2D eigenvalue weighted by Gasteiger charge is -2.15. The molecule has 0 radical (unpaired) electrons. The predicted octanol–water partition coefficient (Wildman–Crippen LogP) is 5.39. The minimum absolute atomic E-state index is 0.0133. The zero-order valence-electron chi connectivity index (χ0n) is 28.7. The molecular formula is C38H42O12. The minimum Gasteiger partial charge on any atom is -0.487 e. The Morgan fingerprint density at radius 2 is 0.840 bits per heavy atom. The van der Waals surface area contributed by atoms with Crippen LogP contribution >= 0.6 is 0 Å². The van der Waals surface area contributed by atoms with Gasteiger partial charge in [0.1, 0.15) is 19.8 Å². The summed E-state index contributed by atoms with van der Waals surface area (Å²) in [5.41, 5.74) is 3.56. The molecule has 3 aromatic rings. The van der Waals surface area contributed by atoms with Crippen LogP contribution in [0.5, 0.6) is 23.0 Å². The first-order valence-corrected chi connectivity index (χ1v) is 15.4. The first-order chi connectivity index (χ1) is 24.1. The van der Waals surface area contributed by atoms with Crippen LogP contribution in [-0.2, 0) is 38.1 Å². The fourth-order valence-electron chi connectivity index (χ4n) is 4.29. The van der Waals surface area contributed by atoms with Gasteiger partial charge in [0.15, 0.2) is 23.0 Å². The summed E-state index contributed by atoms with van der Waals surface area (Å²) in [6.07, 6.45) is 0. The van der Waals surface area contributed by atoms with Gasteiger partial charge in [0.25, 0.3) is 0 Å². The molecule has 0 bridgehead atoms. The second-order valence-electron chi connectivity index (χ2n) is 10.6. The molecule has 0 fully saturated rings. The molecule has 0 saturated carbocycles. The molecule has 0 aliphatic heterocycles. The van der Waals surface area contributed by atoms with Crippen LogP contribution in [0.25, 0.3) is 22.3 Å². The first-order valence-electron chi connectivity index (χ1n) is 15.4. The second-order valence-corrected chi connectivity index (χ2v) is 10.6. The van der Waals surface area contributed by atoms with Crippen molar-refractivity contribution >= 4 is 17.9 Å². The fourth-order valence-corrected chi connectivity index (χ4v) is 4.29. The summed E-state index contributed by atoms with van der Waals surface area (Å²) in [5.74, 6) is -0.963. The van der Waals surface area contributed by atoms with E-state index >= 15 is 0 Å². The van der Waals surface area contributed by atoms with Gasteiger partial charge < -0.3 is 42.6 Å². The van der Waals surface area contributed by atoms with Gasteiger partial charge in [0, 0.05) is 28.4 Å². The molecule has 266 valence electrons. The van der Waals surface area contributed by atoms with Gasteiger partial charge >= 0.3 is 17.9 Å². The van der Waals surface area contributed by atoms with Crippen molar-refractivity contribution in [2.75, 3.05) is 74.7 Å². The van der Waals surface area contributed by atoms with Crippen molar-refractivity contribution in [3.63, 3.8) is 0 Å². The van der Waals surface area contributed by atoms with E-state index in [1.54, 1.807) is 37.4 Å². The standard InChI is InChI=1S/C38H42O12/c1-25(22-43-5)36(39)48-19-18-47-33-15-13-31(21-35(33)50-38(41)27(3)24-45-7)29-10-8-28(9-11-29)30-12-14-32(46-17-16-42-4)34(20-30)49-37(40)26(2)23-44-6/h8-15,20-21H,1-3,16-19,22-24H2,4-7H3. The molecule has 12 nitrogen and oxygen atoms in total. The van der Waals surface area contributed by atoms with Crippen molar-refractivity contribution in [2.45, 2.75) is 0 Å². The minimum atomic E-state index is -0.691. The molecule has 0 unspecified atom stereocenters. The Labute approximate surface area is 291 Å². The molecule has 0 atom stereocenters. The van der Waals surface area contributed by atoms with Crippen LogP contribution in [0, 0.1) is 0 Å². The SMILES string of the molecule is C=C(COC)C(=O)OCCOc1ccc(-c2ccc(-c3ccc(OCCOC)c(OC(=O)C(=C)COC)c3)cc2)cc1OC(=O)C(=C)COC. The number of carbonyl (C=O) groups is 3.